The summed E-state index contributed by atoms with van der Waals surface area (Å²) in [6.45, 7) is 5.61. The number of aromatic nitrogens is 1. The van der Waals surface area contributed by atoms with E-state index in [4.69, 9.17) is 6.42 Å². The number of ketones is 2. The molecular weight excluding hydrogens is 442 g/mol. The third-order valence-corrected chi connectivity index (χ3v) is 5.88. The summed E-state index contributed by atoms with van der Waals surface area (Å²) in [6.07, 6.45) is 5.70. The molecule has 1 aromatic heterocycles. The van der Waals surface area contributed by atoms with Gasteiger partial charge in [-0.2, -0.15) is 0 Å². The third-order valence-electron chi connectivity index (χ3n) is 4.76. The largest absolute Gasteiger partial charge is 0.333 e. The lowest BCUT2D eigenvalue weighted by Crippen LogP contribution is -2.45. The van der Waals surface area contributed by atoms with Gasteiger partial charge in [-0.1, -0.05) is 12.0 Å². The van der Waals surface area contributed by atoms with Gasteiger partial charge in [0, 0.05) is 12.1 Å². The maximum Gasteiger partial charge on any atom is 0.293 e. The highest BCUT2D eigenvalue weighted by molar-refractivity contribution is 7.89. The molecule has 0 atom stereocenters. The summed E-state index contributed by atoms with van der Waals surface area (Å²) in [4.78, 5) is 38.3. The van der Waals surface area contributed by atoms with Crippen LogP contribution in [-0.4, -0.2) is 41.7 Å². The number of hydrogen-bond acceptors (Lipinski definition) is 5. The molecule has 0 spiro atoms. The second-order valence-electron chi connectivity index (χ2n) is 7.86. The number of rotatable bonds is 7. The van der Waals surface area contributed by atoms with Gasteiger partial charge in [-0.25, -0.2) is 21.2 Å². The normalized spacial score (nSPS) is 11.7. The van der Waals surface area contributed by atoms with Crippen LogP contribution in [0.3, 0.4) is 0 Å². The average Bonchev–Trinajstić information content (AvgIpc) is 2.94. The fraction of sp³-hybridized carbons (Fsp3) is 0.318. The van der Waals surface area contributed by atoms with Gasteiger partial charge in [0.05, 0.1) is 17.4 Å². The minimum Gasteiger partial charge on any atom is -0.333 e. The minimum absolute atomic E-state index is 0.0285. The summed E-state index contributed by atoms with van der Waals surface area (Å²) >= 11 is 0. The third kappa shape index (κ3) is 4.94. The number of nitrogens with zero attached hydrogens (tertiary/aromatic N) is 1. The van der Waals surface area contributed by atoms with Gasteiger partial charge >= 0.3 is 0 Å². The summed E-state index contributed by atoms with van der Waals surface area (Å²) in [5, 5.41) is 2.36. The van der Waals surface area contributed by atoms with E-state index < -0.39 is 51.1 Å². The number of nitrogens with one attached hydrogen (secondary N) is 1. The quantitative estimate of drug-likeness (QED) is 0.385. The Balaban J connectivity index is 2.60. The molecule has 170 valence electrons. The van der Waals surface area contributed by atoms with Gasteiger partial charge < -0.3 is 5.32 Å². The number of Topliss-reactive ketones (excluding diaryl/α,β-unsaturated/α-hetero) is 2. The van der Waals surface area contributed by atoms with Crippen molar-refractivity contribution >= 4 is 27.5 Å². The molecule has 0 saturated heterocycles. The Bertz CT molecular complexity index is 1280. The molecule has 0 saturated carbocycles. The van der Waals surface area contributed by atoms with Gasteiger partial charge in [0.15, 0.2) is 17.4 Å². The molecule has 0 aliphatic rings. The van der Waals surface area contributed by atoms with Gasteiger partial charge in [0.1, 0.15) is 5.69 Å². The predicted molar refractivity (Wildman–Crippen MR) is 114 cm³/mol. The van der Waals surface area contributed by atoms with Crippen LogP contribution in [0.1, 0.15) is 51.5 Å². The van der Waals surface area contributed by atoms with E-state index in [9.17, 15) is 31.6 Å². The number of benzene rings is 1. The molecule has 10 heteroatoms. The van der Waals surface area contributed by atoms with E-state index in [1.54, 1.807) is 0 Å². The number of terminal acetylenes is 1. The van der Waals surface area contributed by atoms with E-state index in [1.807, 2.05) is 0 Å². The zero-order valence-corrected chi connectivity index (χ0v) is 19.0. The second-order valence-corrected chi connectivity index (χ2v) is 9.69. The molecule has 1 amide bonds. The Morgan fingerprint density at radius 3 is 2.25 bits per heavy atom. The number of carbonyl (C=O) groups is 3. The number of amides is 1. The van der Waals surface area contributed by atoms with E-state index >= 15 is 0 Å². The van der Waals surface area contributed by atoms with Crippen LogP contribution < -0.4 is 5.32 Å². The first kappa shape index (κ1) is 24.9. The second kappa shape index (κ2) is 8.67. The van der Waals surface area contributed by atoms with Gasteiger partial charge in [-0.15, -0.1) is 6.42 Å². The highest BCUT2D eigenvalue weighted by Crippen LogP contribution is 2.26. The monoisotopic (exact) mass is 464 g/mol. The van der Waals surface area contributed by atoms with E-state index in [0.29, 0.717) is 3.97 Å². The lowest BCUT2D eigenvalue weighted by Gasteiger charge is -2.18. The maximum absolute atomic E-state index is 13.5. The molecule has 7 nitrogen and oxygen atoms in total. The van der Waals surface area contributed by atoms with Crippen LogP contribution in [0, 0.1) is 37.8 Å². The molecule has 2 rings (SSSR count). The van der Waals surface area contributed by atoms with Crippen molar-refractivity contribution in [1.82, 2.24) is 9.29 Å². The fourth-order valence-electron chi connectivity index (χ4n) is 3.29. The molecule has 0 bridgehead atoms. The van der Waals surface area contributed by atoms with Crippen LogP contribution in [0.5, 0.6) is 0 Å². The molecule has 1 heterocycles. The van der Waals surface area contributed by atoms with Gasteiger partial charge in [0.25, 0.3) is 11.7 Å². The van der Waals surface area contributed by atoms with Gasteiger partial charge in [-0.3, -0.25) is 14.4 Å². The zero-order valence-electron chi connectivity index (χ0n) is 18.2. The molecule has 0 radical (unpaired) electrons. The first-order valence-electron chi connectivity index (χ1n) is 9.35. The Kier molecular flexibility index (Phi) is 6.76. The topological polar surface area (TPSA) is 102 Å². The van der Waals surface area contributed by atoms with Crippen LogP contribution >= 0.6 is 0 Å². The van der Waals surface area contributed by atoms with Crippen LogP contribution in [0.15, 0.2) is 18.2 Å². The Morgan fingerprint density at radius 2 is 1.75 bits per heavy atom. The zero-order chi connectivity index (χ0) is 24.6. The lowest BCUT2D eigenvalue weighted by molar-refractivity contribution is -0.118. The van der Waals surface area contributed by atoms with Crippen molar-refractivity contribution in [2.75, 3.05) is 6.26 Å². The number of halogens is 2. The van der Waals surface area contributed by atoms with Crippen molar-refractivity contribution in [2.24, 2.45) is 0 Å². The van der Waals surface area contributed by atoms with Crippen molar-refractivity contribution < 1.29 is 31.6 Å². The summed E-state index contributed by atoms with van der Waals surface area (Å²) < 4.78 is 52.2. The Hall–Kier alpha value is -3.32. The van der Waals surface area contributed by atoms with Gasteiger partial charge in [-0.05, 0) is 51.0 Å². The molecule has 0 aliphatic carbocycles. The number of hydrogen-bond donors (Lipinski definition) is 1. The average molecular weight is 464 g/mol. The lowest BCUT2D eigenvalue weighted by atomic mass is 10.00. The molecule has 1 N–H and O–H groups in total. The molecule has 32 heavy (non-hydrogen) atoms. The molecule has 0 unspecified atom stereocenters. The van der Waals surface area contributed by atoms with E-state index in [2.05, 4.69) is 11.2 Å². The first-order valence-corrected chi connectivity index (χ1v) is 11.2. The van der Waals surface area contributed by atoms with Crippen LogP contribution in [0.2, 0.25) is 0 Å². The van der Waals surface area contributed by atoms with Crippen LogP contribution in [-0.2, 0) is 21.2 Å². The number of carbonyl (C=O) groups excluding carboxylic acids is 3. The Labute approximate surface area is 184 Å². The maximum atomic E-state index is 13.5. The smallest absolute Gasteiger partial charge is 0.293 e. The molecular formula is C22H22F2N2O5S. The van der Waals surface area contributed by atoms with Crippen molar-refractivity contribution in [1.29, 1.82) is 0 Å². The molecule has 1 aromatic carbocycles. The molecule has 0 aliphatic heterocycles. The summed E-state index contributed by atoms with van der Waals surface area (Å²) in [7, 11) is -4.07. The molecule has 0 fully saturated rings. The summed E-state index contributed by atoms with van der Waals surface area (Å²) in [5.74, 6) is -2.84. The van der Waals surface area contributed by atoms with E-state index in [1.165, 1.54) is 33.8 Å². The van der Waals surface area contributed by atoms with Crippen molar-refractivity contribution in [2.45, 2.75) is 39.7 Å². The summed E-state index contributed by atoms with van der Waals surface area (Å²) in [6, 6.07) is 2.86. The standard InChI is InChI=1S/C22H22F2N2O5S/c1-7-22(4,5)25-21(29)20(28)18-12(2)19(26(13(18)3)32(6,30)31)17(27)11-14-8-9-15(23)16(24)10-14/h1,8-10H,11H2,2-6H3,(H,25,29). The summed E-state index contributed by atoms with van der Waals surface area (Å²) in [5.41, 5.74) is -1.79. The molecule has 2 aromatic rings. The highest BCUT2D eigenvalue weighted by atomic mass is 32.2. The van der Waals surface area contributed by atoms with Crippen molar-refractivity contribution in [3.05, 3.63) is 57.9 Å². The first-order chi connectivity index (χ1) is 14.6. The predicted octanol–water partition coefficient (Wildman–Crippen LogP) is 2.33. The Morgan fingerprint density at radius 1 is 1.16 bits per heavy atom. The fourth-order valence-corrected chi connectivity index (χ4v) is 4.45. The van der Waals surface area contributed by atoms with Crippen LogP contribution in [0.4, 0.5) is 8.78 Å². The van der Waals surface area contributed by atoms with Crippen molar-refractivity contribution in [3.8, 4) is 12.3 Å². The van der Waals surface area contributed by atoms with E-state index in [0.717, 1.165) is 18.4 Å². The minimum atomic E-state index is -4.07. The SMILES string of the molecule is C#CC(C)(C)NC(=O)C(=O)c1c(C)c(C(=O)Cc2ccc(F)c(F)c2)n(S(C)(=O)=O)c1C. The van der Waals surface area contributed by atoms with Gasteiger partial charge in [0.2, 0.25) is 10.0 Å². The van der Waals surface area contributed by atoms with Crippen molar-refractivity contribution in [3.63, 3.8) is 0 Å². The van der Waals surface area contributed by atoms with E-state index in [-0.39, 0.29) is 28.1 Å². The highest BCUT2D eigenvalue weighted by Gasteiger charge is 2.33. The van der Waals surface area contributed by atoms with Crippen LogP contribution in [0.25, 0.3) is 0 Å².